The number of carboxylic acids is 1. The quantitative estimate of drug-likeness (QED) is 0.757. The molecule has 1 aromatic heterocycles. The van der Waals surface area contributed by atoms with Gasteiger partial charge in [-0.3, -0.25) is 14.8 Å². The van der Waals surface area contributed by atoms with Crippen LogP contribution in [-0.4, -0.2) is 38.8 Å². The second-order valence-electron chi connectivity index (χ2n) is 6.71. The minimum atomic E-state index is -0.786. The maximum atomic E-state index is 11.3. The van der Waals surface area contributed by atoms with Crippen molar-refractivity contribution in [1.82, 2.24) is 15.1 Å². The Bertz CT molecular complexity index is 916. The van der Waals surface area contributed by atoms with E-state index < -0.39 is 12.0 Å². The minimum Gasteiger partial charge on any atom is -0.480 e. The Morgan fingerprint density at radius 1 is 1.08 bits per heavy atom. The van der Waals surface area contributed by atoms with Crippen molar-refractivity contribution in [3.8, 4) is 22.4 Å². The molecule has 0 saturated heterocycles. The molecule has 1 atom stereocenters. The van der Waals surface area contributed by atoms with E-state index in [1.807, 2.05) is 23.1 Å². The molecular weight excluding hydrogens is 326 g/mol. The zero-order valence-electron chi connectivity index (χ0n) is 14.6. The molecule has 0 fully saturated rings. The molecule has 132 valence electrons. The first-order valence-electron chi connectivity index (χ1n) is 8.82. The molecule has 1 aliphatic heterocycles. The van der Waals surface area contributed by atoms with Crippen molar-refractivity contribution in [2.24, 2.45) is 0 Å². The summed E-state index contributed by atoms with van der Waals surface area (Å²) in [6.45, 7) is 3.08. The number of carboxylic acid groups (broad SMARTS) is 1. The Kier molecular flexibility index (Phi) is 4.31. The summed E-state index contributed by atoms with van der Waals surface area (Å²) in [7, 11) is 0. The molecule has 1 unspecified atom stereocenters. The highest BCUT2D eigenvalue weighted by Crippen LogP contribution is 2.30. The summed E-state index contributed by atoms with van der Waals surface area (Å²) in [5.74, 6) is -0.786. The highest BCUT2D eigenvalue weighted by Gasteiger charge is 2.28. The fourth-order valence-corrected chi connectivity index (χ4v) is 3.49. The number of aromatic amines is 1. The topological polar surface area (TPSA) is 69.2 Å². The van der Waals surface area contributed by atoms with Gasteiger partial charge in [0.2, 0.25) is 0 Å². The van der Waals surface area contributed by atoms with Crippen LogP contribution in [-0.2, 0) is 17.8 Å². The van der Waals surface area contributed by atoms with Crippen molar-refractivity contribution in [3.63, 3.8) is 0 Å². The third-order valence-corrected chi connectivity index (χ3v) is 5.13. The minimum absolute atomic E-state index is 0.494. The lowest BCUT2D eigenvalue weighted by atomic mass is 9.98. The monoisotopic (exact) mass is 347 g/mol. The SMILES string of the molecule is CC(C(=O)O)N1CCc2[nH]nc(-c3ccc(-c4ccccc4)cc3)c2C1. The van der Waals surface area contributed by atoms with E-state index in [0.717, 1.165) is 35.5 Å². The summed E-state index contributed by atoms with van der Waals surface area (Å²) in [6.07, 6.45) is 0.794. The van der Waals surface area contributed by atoms with Crippen LogP contribution in [0.3, 0.4) is 0 Å². The predicted octanol–water partition coefficient (Wildman–Crippen LogP) is 3.57. The van der Waals surface area contributed by atoms with Crippen molar-refractivity contribution < 1.29 is 9.90 Å². The van der Waals surface area contributed by atoms with Crippen LogP contribution in [0.5, 0.6) is 0 Å². The summed E-state index contributed by atoms with van der Waals surface area (Å²) in [5, 5.41) is 16.9. The van der Waals surface area contributed by atoms with Gasteiger partial charge < -0.3 is 5.11 Å². The smallest absolute Gasteiger partial charge is 0.320 e. The first kappa shape index (κ1) is 16.5. The number of nitrogens with one attached hydrogen (secondary N) is 1. The molecule has 4 rings (SSSR count). The molecule has 0 radical (unpaired) electrons. The van der Waals surface area contributed by atoms with Crippen LogP contribution in [0, 0.1) is 0 Å². The molecule has 2 heterocycles. The molecular formula is C21H21N3O2. The number of aromatic nitrogens is 2. The molecule has 2 N–H and O–H groups in total. The summed E-state index contributed by atoms with van der Waals surface area (Å²) in [4.78, 5) is 13.3. The highest BCUT2D eigenvalue weighted by atomic mass is 16.4. The molecule has 5 heteroatoms. The van der Waals surface area contributed by atoms with E-state index in [1.54, 1.807) is 6.92 Å². The lowest BCUT2D eigenvalue weighted by Crippen LogP contribution is -2.42. The van der Waals surface area contributed by atoms with Crippen LogP contribution < -0.4 is 0 Å². The van der Waals surface area contributed by atoms with E-state index in [9.17, 15) is 9.90 Å². The largest absolute Gasteiger partial charge is 0.480 e. The Morgan fingerprint density at radius 2 is 1.73 bits per heavy atom. The Hall–Kier alpha value is -2.92. The van der Waals surface area contributed by atoms with E-state index in [4.69, 9.17) is 0 Å². The zero-order chi connectivity index (χ0) is 18.1. The van der Waals surface area contributed by atoms with Gasteiger partial charge in [-0.05, 0) is 18.1 Å². The molecule has 3 aromatic rings. The lowest BCUT2D eigenvalue weighted by molar-refractivity contribution is -0.143. The van der Waals surface area contributed by atoms with Gasteiger partial charge in [-0.2, -0.15) is 5.10 Å². The summed E-state index contributed by atoms with van der Waals surface area (Å²) < 4.78 is 0. The van der Waals surface area contributed by atoms with Crippen LogP contribution in [0.25, 0.3) is 22.4 Å². The third-order valence-electron chi connectivity index (χ3n) is 5.13. The molecule has 5 nitrogen and oxygen atoms in total. The number of hydrogen-bond donors (Lipinski definition) is 2. The van der Waals surface area contributed by atoms with Crippen LogP contribution >= 0.6 is 0 Å². The van der Waals surface area contributed by atoms with Crippen molar-refractivity contribution in [2.45, 2.75) is 25.9 Å². The number of aliphatic carboxylic acids is 1. The van der Waals surface area contributed by atoms with Crippen molar-refractivity contribution in [3.05, 3.63) is 65.9 Å². The lowest BCUT2D eigenvalue weighted by Gasteiger charge is -2.30. The van der Waals surface area contributed by atoms with Crippen LogP contribution in [0.15, 0.2) is 54.6 Å². The summed E-state index contributed by atoms with van der Waals surface area (Å²) >= 11 is 0. The maximum Gasteiger partial charge on any atom is 0.320 e. The fraction of sp³-hybridized carbons (Fsp3) is 0.238. The van der Waals surface area contributed by atoms with Gasteiger partial charge in [-0.25, -0.2) is 0 Å². The normalized spacial score (nSPS) is 15.4. The molecule has 0 bridgehead atoms. The highest BCUT2D eigenvalue weighted by molar-refractivity contribution is 5.73. The van der Waals surface area contributed by atoms with E-state index in [-0.39, 0.29) is 0 Å². The molecule has 26 heavy (non-hydrogen) atoms. The third kappa shape index (κ3) is 3.02. The number of carbonyl (C=O) groups is 1. The van der Waals surface area contributed by atoms with E-state index >= 15 is 0 Å². The average Bonchev–Trinajstić information content (AvgIpc) is 3.11. The Balaban J connectivity index is 1.62. The molecule has 0 saturated carbocycles. The second kappa shape index (κ2) is 6.77. The number of H-pyrrole nitrogens is 1. The number of hydrogen-bond acceptors (Lipinski definition) is 3. The average molecular weight is 347 g/mol. The maximum absolute atomic E-state index is 11.3. The molecule has 1 aliphatic rings. The van der Waals surface area contributed by atoms with Crippen LogP contribution in [0.4, 0.5) is 0 Å². The van der Waals surface area contributed by atoms with Gasteiger partial charge in [0.25, 0.3) is 0 Å². The first-order valence-corrected chi connectivity index (χ1v) is 8.82. The number of rotatable bonds is 4. The van der Waals surface area contributed by atoms with Gasteiger partial charge in [0.15, 0.2) is 0 Å². The van der Waals surface area contributed by atoms with Crippen LogP contribution in [0.1, 0.15) is 18.2 Å². The van der Waals surface area contributed by atoms with Crippen molar-refractivity contribution >= 4 is 5.97 Å². The second-order valence-corrected chi connectivity index (χ2v) is 6.71. The Morgan fingerprint density at radius 3 is 2.42 bits per heavy atom. The number of fused-ring (bicyclic) bond motifs is 1. The van der Waals surface area contributed by atoms with Gasteiger partial charge in [-0.15, -0.1) is 0 Å². The Labute approximate surface area is 152 Å². The van der Waals surface area contributed by atoms with E-state index in [1.165, 1.54) is 11.1 Å². The molecule has 0 spiro atoms. The molecule has 0 amide bonds. The van der Waals surface area contributed by atoms with Gasteiger partial charge in [0, 0.05) is 36.3 Å². The van der Waals surface area contributed by atoms with Crippen molar-refractivity contribution in [1.29, 1.82) is 0 Å². The van der Waals surface area contributed by atoms with Gasteiger partial charge in [0.1, 0.15) is 6.04 Å². The first-order chi connectivity index (χ1) is 12.6. The van der Waals surface area contributed by atoms with Crippen LogP contribution in [0.2, 0.25) is 0 Å². The van der Waals surface area contributed by atoms with E-state index in [2.05, 4.69) is 46.6 Å². The predicted molar refractivity (Wildman–Crippen MR) is 101 cm³/mol. The summed E-state index contributed by atoms with van der Waals surface area (Å²) in [6, 6.07) is 18.1. The summed E-state index contributed by atoms with van der Waals surface area (Å²) in [5.41, 5.74) is 6.54. The van der Waals surface area contributed by atoms with Gasteiger partial charge in [-0.1, -0.05) is 54.6 Å². The zero-order valence-corrected chi connectivity index (χ0v) is 14.6. The van der Waals surface area contributed by atoms with Gasteiger partial charge in [0.05, 0.1) is 5.69 Å². The van der Waals surface area contributed by atoms with E-state index in [0.29, 0.717) is 6.54 Å². The number of nitrogens with zero attached hydrogens (tertiary/aromatic N) is 2. The fourth-order valence-electron chi connectivity index (χ4n) is 3.49. The standard InChI is InChI=1S/C21H21N3O2/c1-14(21(25)26)24-12-11-19-18(13-24)20(23-22-19)17-9-7-16(8-10-17)15-5-3-2-4-6-15/h2-10,14H,11-13H2,1H3,(H,22,23)(H,25,26). The van der Waals surface area contributed by atoms with Gasteiger partial charge >= 0.3 is 5.97 Å². The number of benzene rings is 2. The molecule has 2 aromatic carbocycles. The van der Waals surface area contributed by atoms with Crippen molar-refractivity contribution in [2.75, 3.05) is 6.54 Å². The molecule has 0 aliphatic carbocycles.